The van der Waals surface area contributed by atoms with Crippen LogP contribution in [0.2, 0.25) is 0 Å². The maximum atomic E-state index is 12.2. The standard InChI is InChI=1S/C17H33N3O2/c1-17(2,3)22-16(21)20-10-9-19(15(11-18)13-20)12-14-7-5-4-6-8-14/h14-15H,4-13,18H2,1-3H3. The predicted molar refractivity (Wildman–Crippen MR) is 88.8 cm³/mol. The lowest BCUT2D eigenvalue weighted by Gasteiger charge is -2.43. The van der Waals surface area contributed by atoms with Crippen molar-refractivity contribution in [3.63, 3.8) is 0 Å². The Morgan fingerprint density at radius 3 is 2.45 bits per heavy atom. The minimum absolute atomic E-state index is 0.205. The molecule has 1 heterocycles. The van der Waals surface area contributed by atoms with E-state index < -0.39 is 5.60 Å². The van der Waals surface area contributed by atoms with Gasteiger partial charge >= 0.3 is 6.09 Å². The van der Waals surface area contributed by atoms with Gasteiger partial charge in [-0.15, -0.1) is 0 Å². The average molecular weight is 311 g/mol. The molecular formula is C17H33N3O2. The maximum absolute atomic E-state index is 12.2. The van der Waals surface area contributed by atoms with E-state index in [1.807, 2.05) is 25.7 Å². The highest BCUT2D eigenvalue weighted by atomic mass is 16.6. The summed E-state index contributed by atoms with van der Waals surface area (Å²) in [4.78, 5) is 16.5. The van der Waals surface area contributed by atoms with Gasteiger partial charge in [0.05, 0.1) is 0 Å². The van der Waals surface area contributed by atoms with Gasteiger partial charge in [-0.05, 0) is 39.5 Å². The Labute approximate surface area is 135 Å². The van der Waals surface area contributed by atoms with Crippen molar-refractivity contribution in [1.82, 2.24) is 9.80 Å². The molecule has 1 amide bonds. The number of nitrogens with two attached hydrogens (primary N) is 1. The molecule has 1 saturated heterocycles. The van der Waals surface area contributed by atoms with Crippen LogP contribution in [-0.4, -0.2) is 60.3 Å². The van der Waals surface area contributed by atoms with Crippen LogP contribution in [-0.2, 0) is 4.74 Å². The Bertz CT molecular complexity index is 361. The van der Waals surface area contributed by atoms with E-state index in [2.05, 4.69) is 4.90 Å². The van der Waals surface area contributed by atoms with Crippen LogP contribution in [0.25, 0.3) is 0 Å². The second kappa shape index (κ2) is 7.64. The molecule has 5 heteroatoms. The van der Waals surface area contributed by atoms with Crippen LogP contribution in [0.3, 0.4) is 0 Å². The molecule has 128 valence electrons. The summed E-state index contributed by atoms with van der Waals surface area (Å²) in [5.74, 6) is 0.816. The van der Waals surface area contributed by atoms with Crippen molar-refractivity contribution in [2.24, 2.45) is 11.7 Å². The van der Waals surface area contributed by atoms with E-state index in [9.17, 15) is 4.79 Å². The van der Waals surface area contributed by atoms with Gasteiger partial charge in [-0.1, -0.05) is 19.3 Å². The molecule has 0 aromatic carbocycles. The third-order valence-corrected chi connectivity index (χ3v) is 4.75. The number of carbonyl (C=O) groups is 1. The first-order valence-corrected chi connectivity index (χ1v) is 8.81. The van der Waals surface area contributed by atoms with Crippen LogP contribution in [0.5, 0.6) is 0 Å². The summed E-state index contributed by atoms with van der Waals surface area (Å²) in [7, 11) is 0. The molecule has 1 aliphatic carbocycles. The maximum Gasteiger partial charge on any atom is 0.410 e. The molecule has 2 fully saturated rings. The van der Waals surface area contributed by atoms with Gasteiger partial charge in [-0.25, -0.2) is 4.79 Å². The van der Waals surface area contributed by atoms with Gasteiger partial charge in [0.25, 0.3) is 0 Å². The second-order valence-corrected chi connectivity index (χ2v) is 7.81. The Kier molecular flexibility index (Phi) is 6.09. The highest BCUT2D eigenvalue weighted by Crippen LogP contribution is 2.26. The molecule has 0 aromatic heterocycles. The van der Waals surface area contributed by atoms with Crippen LogP contribution < -0.4 is 5.73 Å². The monoisotopic (exact) mass is 311 g/mol. The van der Waals surface area contributed by atoms with Crippen LogP contribution in [0, 0.1) is 5.92 Å². The number of ether oxygens (including phenoxy) is 1. The molecule has 2 N–H and O–H groups in total. The topological polar surface area (TPSA) is 58.8 Å². The van der Waals surface area contributed by atoms with Crippen molar-refractivity contribution in [3.8, 4) is 0 Å². The molecule has 22 heavy (non-hydrogen) atoms. The predicted octanol–water partition coefficient (Wildman–Crippen LogP) is 2.45. The lowest BCUT2D eigenvalue weighted by molar-refractivity contribution is 0.00159. The molecule has 5 nitrogen and oxygen atoms in total. The van der Waals surface area contributed by atoms with Gasteiger partial charge in [-0.2, -0.15) is 0 Å². The van der Waals surface area contributed by atoms with Crippen molar-refractivity contribution in [1.29, 1.82) is 0 Å². The molecule has 1 saturated carbocycles. The molecule has 0 radical (unpaired) electrons. The van der Waals surface area contributed by atoms with Crippen molar-refractivity contribution < 1.29 is 9.53 Å². The third kappa shape index (κ3) is 5.13. The third-order valence-electron chi connectivity index (χ3n) is 4.75. The van der Waals surface area contributed by atoms with Gasteiger partial charge in [-0.3, -0.25) is 4.90 Å². The summed E-state index contributed by atoms with van der Waals surface area (Å²) in [5, 5.41) is 0. The zero-order chi connectivity index (χ0) is 16.2. The zero-order valence-corrected chi connectivity index (χ0v) is 14.5. The molecule has 2 aliphatic rings. The SMILES string of the molecule is CC(C)(C)OC(=O)N1CCN(CC2CCCCC2)C(CN)C1. The van der Waals surface area contributed by atoms with Crippen molar-refractivity contribution >= 4 is 6.09 Å². The van der Waals surface area contributed by atoms with Crippen LogP contribution in [0.4, 0.5) is 4.79 Å². The molecule has 0 aromatic rings. The van der Waals surface area contributed by atoms with Gasteiger partial charge in [0.15, 0.2) is 0 Å². The lowest BCUT2D eigenvalue weighted by Crippen LogP contribution is -2.58. The molecule has 1 unspecified atom stereocenters. The normalized spacial score (nSPS) is 25.3. The van der Waals surface area contributed by atoms with Crippen molar-refractivity contribution in [2.45, 2.75) is 64.5 Å². The highest BCUT2D eigenvalue weighted by molar-refractivity contribution is 5.68. The first-order chi connectivity index (χ1) is 10.4. The van der Waals surface area contributed by atoms with E-state index in [4.69, 9.17) is 10.5 Å². The molecule has 1 atom stereocenters. The summed E-state index contributed by atoms with van der Waals surface area (Å²) in [6, 6.07) is 0.267. The Morgan fingerprint density at radius 2 is 1.86 bits per heavy atom. The molecule has 1 aliphatic heterocycles. The molecule has 2 rings (SSSR count). The Balaban J connectivity index is 1.86. The largest absolute Gasteiger partial charge is 0.444 e. The van der Waals surface area contributed by atoms with Crippen LogP contribution in [0.15, 0.2) is 0 Å². The van der Waals surface area contributed by atoms with Gasteiger partial charge < -0.3 is 15.4 Å². The highest BCUT2D eigenvalue weighted by Gasteiger charge is 2.32. The summed E-state index contributed by atoms with van der Waals surface area (Å²) < 4.78 is 5.48. The van der Waals surface area contributed by atoms with Gasteiger partial charge in [0, 0.05) is 38.8 Å². The minimum Gasteiger partial charge on any atom is -0.444 e. The van der Waals surface area contributed by atoms with Crippen LogP contribution in [0.1, 0.15) is 52.9 Å². The van der Waals surface area contributed by atoms with E-state index >= 15 is 0 Å². The number of piperazine rings is 1. The lowest BCUT2D eigenvalue weighted by atomic mass is 9.88. The Morgan fingerprint density at radius 1 is 1.18 bits per heavy atom. The van der Waals surface area contributed by atoms with Gasteiger partial charge in [0.2, 0.25) is 0 Å². The van der Waals surface area contributed by atoms with Crippen molar-refractivity contribution in [2.75, 3.05) is 32.7 Å². The number of rotatable bonds is 3. The molecule has 0 spiro atoms. The van der Waals surface area contributed by atoms with E-state index in [-0.39, 0.29) is 12.1 Å². The summed E-state index contributed by atoms with van der Waals surface area (Å²) >= 11 is 0. The number of nitrogens with zero attached hydrogens (tertiary/aromatic N) is 2. The fourth-order valence-electron chi connectivity index (χ4n) is 3.55. The number of amides is 1. The Hall–Kier alpha value is -0.810. The number of hydrogen-bond donors (Lipinski definition) is 1. The smallest absolute Gasteiger partial charge is 0.410 e. The fraction of sp³-hybridized carbons (Fsp3) is 0.941. The summed E-state index contributed by atoms with van der Waals surface area (Å²) in [6.07, 6.45) is 6.63. The fourth-order valence-corrected chi connectivity index (χ4v) is 3.55. The van der Waals surface area contributed by atoms with Gasteiger partial charge in [0.1, 0.15) is 5.60 Å². The molecular weight excluding hydrogens is 278 g/mol. The van der Waals surface area contributed by atoms with E-state index in [1.54, 1.807) is 0 Å². The van der Waals surface area contributed by atoms with E-state index in [0.717, 1.165) is 25.6 Å². The quantitative estimate of drug-likeness (QED) is 0.870. The first kappa shape index (κ1) is 17.5. The van der Waals surface area contributed by atoms with Crippen molar-refractivity contribution in [3.05, 3.63) is 0 Å². The average Bonchev–Trinajstić information content (AvgIpc) is 2.47. The second-order valence-electron chi connectivity index (χ2n) is 7.81. The van der Waals surface area contributed by atoms with E-state index in [0.29, 0.717) is 13.1 Å². The van der Waals surface area contributed by atoms with Crippen LogP contribution >= 0.6 is 0 Å². The van der Waals surface area contributed by atoms with E-state index in [1.165, 1.54) is 32.1 Å². The number of carbonyl (C=O) groups excluding carboxylic acids is 1. The minimum atomic E-state index is -0.436. The first-order valence-electron chi connectivity index (χ1n) is 8.81. The zero-order valence-electron chi connectivity index (χ0n) is 14.5. The summed E-state index contributed by atoms with van der Waals surface area (Å²) in [5.41, 5.74) is 5.53. The summed E-state index contributed by atoms with van der Waals surface area (Å²) in [6.45, 7) is 9.82. The molecule has 0 bridgehead atoms. The number of hydrogen-bond acceptors (Lipinski definition) is 4.